The van der Waals surface area contributed by atoms with Gasteiger partial charge in [0.05, 0.1) is 17.7 Å². The highest BCUT2D eigenvalue weighted by atomic mass is 32.2. The van der Waals surface area contributed by atoms with E-state index in [9.17, 15) is 8.42 Å². The summed E-state index contributed by atoms with van der Waals surface area (Å²) in [5.74, 6) is 2.07. The number of hydrogen-bond donors (Lipinski definition) is 1. The van der Waals surface area contributed by atoms with Crippen LogP contribution in [0.4, 0.5) is 5.69 Å². The molecule has 2 N–H and O–H groups in total. The lowest BCUT2D eigenvalue weighted by Crippen LogP contribution is -2.37. The first-order chi connectivity index (χ1) is 8.55. The fourth-order valence-electron chi connectivity index (χ4n) is 1.79. The van der Waals surface area contributed by atoms with Crippen molar-refractivity contribution in [2.45, 2.75) is 4.90 Å². The van der Waals surface area contributed by atoms with Gasteiger partial charge in [-0.2, -0.15) is 16.1 Å². The number of sulfonamides is 1. The zero-order chi connectivity index (χ0) is 13.2. The van der Waals surface area contributed by atoms with E-state index in [-0.39, 0.29) is 4.90 Å². The quantitative estimate of drug-likeness (QED) is 0.841. The van der Waals surface area contributed by atoms with Crippen LogP contribution in [0.3, 0.4) is 0 Å². The van der Waals surface area contributed by atoms with E-state index in [1.54, 1.807) is 17.8 Å². The van der Waals surface area contributed by atoms with Gasteiger partial charge in [-0.3, -0.25) is 0 Å². The fraction of sp³-hybridized carbons (Fsp3) is 0.455. The van der Waals surface area contributed by atoms with Crippen molar-refractivity contribution in [3.63, 3.8) is 0 Å². The Bertz CT molecular complexity index is 525. The number of methoxy groups -OCH3 is 1. The molecule has 0 atom stereocenters. The van der Waals surface area contributed by atoms with E-state index in [0.29, 0.717) is 24.5 Å². The summed E-state index contributed by atoms with van der Waals surface area (Å²) in [5.41, 5.74) is 6.12. The number of anilines is 1. The van der Waals surface area contributed by atoms with E-state index < -0.39 is 10.0 Å². The van der Waals surface area contributed by atoms with Crippen molar-refractivity contribution in [2.75, 3.05) is 37.4 Å². The maximum atomic E-state index is 12.4. The molecule has 0 spiro atoms. The van der Waals surface area contributed by atoms with Crippen LogP contribution in [0.2, 0.25) is 0 Å². The Labute approximate surface area is 111 Å². The van der Waals surface area contributed by atoms with Crippen LogP contribution in [0.1, 0.15) is 0 Å². The zero-order valence-electron chi connectivity index (χ0n) is 10.1. The maximum absolute atomic E-state index is 12.4. The molecule has 1 heterocycles. The minimum absolute atomic E-state index is 0.237. The zero-order valence-corrected chi connectivity index (χ0v) is 11.8. The molecule has 2 rings (SSSR count). The summed E-state index contributed by atoms with van der Waals surface area (Å²) in [5, 5.41) is 0. The first-order valence-electron chi connectivity index (χ1n) is 5.57. The average molecular weight is 288 g/mol. The summed E-state index contributed by atoms with van der Waals surface area (Å²) in [6.07, 6.45) is 0. The minimum atomic E-state index is -3.43. The van der Waals surface area contributed by atoms with Crippen LogP contribution in [0.5, 0.6) is 5.75 Å². The molecule has 0 aromatic heterocycles. The van der Waals surface area contributed by atoms with Crippen LogP contribution >= 0.6 is 11.8 Å². The largest absolute Gasteiger partial charge is 0.495 e. The predicted molar refractivity (Wildman–Crippen MR) is 73.5 cm³/mol. The number of nitrogen functional groups attached to an aromatic ring is 1. The Morgan fingerprint density at radius 2 is 2.00 bits per heavy atom. The van der Waals surface area contributed by atoms with Crippen LogP contribution in [-0.4, -0.2) is 44.4 Å². The second kappa shape index (κ2) is 5.38. The lowest BCUT2D eigenvalue weighted by molar-refractivity contribution is 0.414. The van der Waals surface area contributed by atoms with Crippen molar-refractivity contribution in [1.29, 1.82) is 0 Å². The van der Waals surface area contributed by atoms with Gasteiger partial charge in [0.2, 0.25) is 10.0 Å². The molecule has 0 unspecified atom stereocenters. The third-order valence-electron chi connectivity index (χ3n) is 2.81. The second-order valence-electron chi connectivity index (χ2n) is 3.92. The first kappa shape index (κ1) is 13.5. The molecule has 1 aromatic carbocycles. The Balaban J connectivity index is 2.34. The topological polar surface area (TPSA) is 72.6 Å². The lowest BCUT2D eigenvalue weighted by atomic mass is 10.3. The van der Waals surface area contributed by atoms with Crippen molar-refractivity contribution in [1.82, 2.24) is 4.31 Å². The SMILES string of the molecule is COc1cc(S(=O)(=O)N2CCSCC2)ccc1N. The van der Waals surface area contributed by atoms with Crippen LogP contribution in [0.25, 0.3) is 0 Å². The Hall–Kier alpha value is -0.920. The van der Waals surface area contributed by atoms with Gasteiger partial charge in [-0.1, -0.05) is 0 Å². The van der Waals surface area contributed by atoms with E-state index in [1.807, 2.05) is 0 Å². The van der Waals surface area contributed by atoms with Crippen molar-refractivity contribution < 1.29 is 13.2 Å². The van der Waals surface area contributed by atoms with Crippen LogP contribution in [0, 0.1) is 0 Å². The molecule has 0 bridgehead atoms. The van der Waals surface area contributed by atoms with Gasteiger partial charge in [0.25, 0.3) is 0 Å². The highest BCUT2D eigenvalue weighted by molar-refractivity contribution is 7.99. The van der Waals surface area contributed by atoms with Crippen LogP contribution < -0.4 is 10.5 Å². The van der Waals surface area contributed by atoms with Gasteiger partial charge in [0.15, 0.2) is 0 Å². The standard InChI is InChI=1S/C11H16N2O3S2/c1-16-11-8-9(2-3-10(11)12)18(14,15)13-4-6-17-7-5-13/h2-3,8H,4-7,12H2,1H3. The van der Waals surface area contributed by atoms with E-state index in [1.165, 1.54) is 23.5 Å². The number of nitrogens with zero attached hydrogens (tertiary/aromatic N) is 1. The molecular weight excluding hydrogens is 272 g/mol. The van der Waals surface area contributed by atoms with Gasteiger partial charge < -0.3 is 10.5 Å². The van der Waals surface area contributed by atoms with Gasteiger partial charge in [-0.15, -0.1) is 0 Å². The molecule has 100 valence electrons. The molecule has 0 radical (unpaired) electrons. The smallest absolute Gasteiger partial charge is 0.243 e. The normalized spacial score (nSPS) is 17.6. The van der Waals surface area contributed by atoms with Crippen molar-refractivity contribution in [3.05, 3.63) is 18.2 Å². The summed E-state index contributed by atoms with van der Waals surface area (Å²) in [6, 6.07) is 4.56. The number of nitrogens with two attached hydrogens (primary N) is 1. The first-order valence-corrected chi connectivity index (χ1v) is 8.16. The molecule has 0 saturated carbocycles. The third-order valence-corrected chi connectivity index (χ3v) is 5.65. The van der Waals surface area contributed by atoms with E-state index >= 15 is 0 Å². The highest BCUT2D eigenvalue weighted by Gasteiger charge is 2.26. The molecule has 7 heteroatoms. The molecule has 0 amide bonds. The summed E-state index contributed by atoms with van der Waals surface area (Å²) in [7, 11) is -1.96. The molecule has 1 saturated heterocycles. The fourth-order valence-corrected chi connectivity index (χ4v) is 4.38. The van der Waals surface area contributed by atoms with Crippen molar-refractivity contribution >= 4 is 27.5 Å². The predicted octanol–water partition coefficient (Wildman–Crippen LogP) is 1.01. The van der Waals surface area contributed by atoms with Crippen LogP contribution in [-0.2, 0) is 10.0 Å². The van der Waals surface area contributed by atoms with Gasteiger partial charge in [-0.25, -0.2) is 8.42 Å². The van der Waals surface area contributed by atoms with Crippen LogP contribution in [0.15, 0.2) is 23.1 Å². The number of thioether (sulfide) groups is 1. The molecule has 18 heavy (non-hydrogen) atoms. The second-order valence-corrected chi connectivity index (χ2v) is 7.08. The van der Waals surface area contributed by atoms with Crippen molar-refractivity contribution in [3.8, 4) is 5.75 Å². The summed E-state index contributed by atoms with van der Waals surface area (Å²) in [6.45, 7) is 1.11. The minimum Gasteiger partial charge on any atom is -0.495 e. The summed E-state index contributed by atoms with van der Waals surface area (Å²) >= 11 is 1.77. The van der Waals surface area contributed by atoms with E-state index in [0.717, 1.165) is 11.5 Å². The highest BCUT2D eigenvalue weighted by Crippen LogP contribution is 2.27. The third kappa shape index (κ3) is 2.57. The average Bonchev–Trinajstić information content (AvgIpc) is 2.40. The Kier molecular flexibility index (Phi) is 4.04. The van der Waals surface area contributed by atoms with Crippen molar-refractivity contribution in [2.24, 2.45) is 0 Å². The van der Waals surface area contributed by atoms with Gasteiger partial charge in [0, 0.05) is 30.7 Å². The summed E-state index contributed by atoms with van der Waals surface area (Å²) in [4.78, 5) is 0.237. The molecule has 1 aliphatic heterocycles. The molecule has 1 aromatic rings. The van der Waals surface area contributed by atoms with E-state index in [4.69, 9.17) is 10.5 Å². The van der Waals surface area contributed by atoms with Gasteiger partial charge in [-0.05, 0) is 12.1 Å². The van der Waals surface area contributed by atoms with Gasteiger partial charge in [0.1, 0.15) is 5.75 Å². The van der Waals surface area contributed by atoms with Gasteiger partial charge >= 0.3 is 0 Å². The molecule has 5 nitrogen and oxygen atoms in total. The summed E-state index contributed by atoms with van der Waals surface area (Å²) < 4.78 is 31.3. The number of ether oxygens (including phenoxy) is 1. The number of benzene rings is 1. The molecule has 0 aliphatic carbocycles. The number of hydrogen-bond acceptors (Lipinski definition) is 5. The molecule has 1 aliphatic rings. The molecule has 1 fully saturated rings. The molecular formula is C11H16N2O3S2. The Morgan fingerprint density at radius 3 is 2.61 bits per heavy atom. The Morgan fingerprint density at radius 1 is 1.33 bits per heavy atom. The monoisotopic (exact) mass is 288 g/mol. The number of rotatable bonds is 3. The van der Waals surface area contributed by atoms with E-state index in [2.05, 4.69) is 0 Å². The lowest BCUT2D eigenvalue weighted by Gasteiger charge is -2.25. The maximum Gasteiger partial charge on any atom is 0.243 e.